The Morgan fingerprint density at radius 2 is 2.04 bits per heavy atom. The van der Waals surface area contributed by atoms with Crippen LogP contribution in [-0.4, -0.2) is 14.3 Å². The number of amides is 1. The first-order chi connectivity index (χ1) is 12.9. The zero-order chi connectivity index (χ0) is 19.3. The lowest BCUT2D eigenvalue weighted by molar-refractivity contribution is -0.111. The SMILES string of the molecule is O=C(/C=C/c1ccc(Br)s1)Nc1cccc(S(=O)(=O)NCc2ccco2)c1. The van der Waals surface area contributed by atoms with Gasteiger partial charge in [-0.3, -0.25) is 4.79 Å². The summed E-state index contributed by atoms with van der Waals surface area (Å²) in [5, 5.41) is 2.66. The Morgan fingerprint density at radius 3 is 2.74 bits per heavy atom. The van der Waals surface area contributed by atoms with Crippen LogP contribution in [0.3, 0.4) is 0 Å². The smallest absolute Gasteiger partial charge is 0.248 e. The van der Waals surface area contributed by atoms with Crippen LogP contribution in [0.25, 0.3) is 6.08 Å². The monoisotopic (exact) mass is 466 g/mol. The summed E-state index contributed by atoms with van der Waals surface area (Å²) >= 11 is 4.86. The van der Waals surface area contributed by atoms with Crippen molar-refractivity contribution in [3.05, 3.63) is 75.3 Å². The summed E-state index contributed by atoms with van der Waals surface area (Å²) in [5.41, 5.74) is 0.387. The zero-order valence-corrected chi connectivity index (χ0v) is 17.1. The fourth-order valence-corrected chi connectivity index (χ4v) is 4.53. The molecule has 0 saturated heterocycles. The van der Waals surface area contributed by atoms with Crippen LogP contribution in [0.2, 0.25) is 0 Å². The van der Waals surface area contributed by atoms with E-state index in [0.717, 1.165) is 8.66 Å². The Bertz CT molecular complexity index is 1060. The highest BCUT2D eigenvalue weighted by molar-refractivity contribution is 9.11. The maximum Gasteiger partial charge on any atom is 0.248 e. The maximum atomic E-state index is 12.4. The molecule has 3 rings (SSSR count). The third-order valence-electron chi connectivity index (χ3n) is 3.42. The van der Waals surface area contributed by atoms with Crippen molar-refractivity contribution in [1.29, 1.82) is 0 Å². The van der Waals surface area contributed by atoms with Gasteiger partial charge in [0.05, 0.1) is 21.5 Å². The third kappa shape index (κ3) is 5.64. The number of thiophene rings is 1. The molecule has 0 bridgehead atoms. The number of anilines is 1. The van der Waals surface area contributed by atoms with E-state index in [1.165, 1.54) is 35.8 Å². The molecule has 2 heterocycles. The number of hydrogen-bond acceptors (Lipinski definition) is 5. The summed E-state index contributed by atoms with van der Waals surface area (Å²) in [6, 6.07) is 13.2. The van der Waals surface area contributed by atoms with Crippen LogP contribution >= 0.6 is 27.3 Å². The van der Waals surface area contributed by atoms with Crippen LogP contribution in [0.15, 0.2) is 74.0 Å². The molecule has 27 heavy (non-hydrogen) atoms. The molecule has 0 saturated carbocycles. The van der Waals surface area contributed by atoms with Gasteiger partial charge in [-0.05, 0) is 64.5 Å². The first kappa shape index (κ1) is 19.6. The van der Waals surface area contributed by atoms with Crippen molar-refractivity contribution in [2.75, 3.05) is 5.32 Å². The molecule has 0 aliphatic heterocycles. The predicted octanol–water partition coefficient (Wildman–Crippen LogP) is 4.23. The Labute approximate surface area is 169 Å². The summed E-state index contributed by atoms with van der Waals surface area (Å²) in [5.74, 6) is 0.158. The molecule has 6 nitrogen and oxygen atoms in total. The topological polar surface area (TPSA) is 88.4 Å². The number of sulfonamides is 1. The number of carbonyl (C=O) groups excluding carboxylic acids is 1. The van der Waals surface area contributed by atoms with Crippen molar-refractivity contribution in [2.24, 2.45) is 0 Å². The highest BCUT2D eigenvalue weighted by atomic mass is 79.9. The van der Waals surface area contributed by atoms with E-state index >= 15 is 0 Å². The Hall–Kier alpha value is -2.20. The molecule has 0 radical (unpaired) electrons. The van der Waals surface area contributed by atoms with E-state index in [1.54, 1.807) is 30.3 Å². The minimum absolute atomic E-state index is 0.0467. The molecule has 1 aromatic carbocycles. The van der Waals surface area contributed by atoms with E-state index in [2.05, 4.69) is 26.0 Å². The molecule has 2 N–H and O–H groups in total. The first-order valence-electron chi connectivity index (χ1n) is 7.79. The largest absolute Gasteiger partial charge is 0.468 e. The predicted molar refractivity (Wildman–Crippen MR) is 109 cm³/mol. The average Bonchev–Trinajstić information content (AvgIpc) is 3.30. The van der Waals surface area contributed by atoms with Crippen molar-refractivity contribution >= 4 is 55.0 Å². The number of nitrogens with one attached hydrogen (secondary N) is 2. The Morgan fingerprint density at radius 1 is 1.19 bits per heavy atom. The van der Waals surface area contributed by atoms with Gasteiger partial charge in [0.1, 0.15) is 5.76 Å². The van der Waals surface area contributed by atoms with Crippen molar-refractivity contribution in [3.8, 4) is 0 Å². The molecule has 0 atom stereocenters. The minimum Gasteiger partial charge on any atom is -0.468 e. The second-order valence-electron chi connectivity index (χ2n) is 5.40. The number of halogens is 1. The molecule has 0 unspecified atom stereocenters. The number of benzene rings is 1. The van der Waals surface area contributed by atoms with E-state index in [-0.39, 0.29) is 17.3 Å². The molecule has 0 aliphatic rings. The van der Waals surface area contributed by atoms with Crippen LogP contribution in [-0.2, 0) is 21.4 Å². The number of furan rings is 1. The summed E-state index contributed by atoms with van der Waals surface area (Å²) in [4.78, 5) is 13.0. The van der Waals surface area contributed by atoms with Gasteiger partial charge in [0.2, 0.25) is 15.9 Å². The van der Waals surface area contributed by atoms with E-state index in [4.69, 9.17) is 4.42 Å². The van der Waals surface area contributed by atoms with Crippen molar-refractivity contribution in [3.63, 3.8) is 0 Å². The average molecular weight is 467 g/mol. The second kappa shape index (κ2) is 8.66. The van der Waals surface area contributed by atoms with Gasteiger partial charge < -0.3 is 9.73 Å². The van der Waals surface area contributed by atoms with Crippen molar-refractivity contribution in [2.45, 2.75) is 11.4 Å². The quantitative estimate of drug-likeness (QED) is 0.509. The lowest BCUT2D eigenvalue weighted by Gasteiger charge is -2.08. The summed E-state index contributed by atoms with van der Waals surface area (Å²) in [6.07, 6.45) is 4.56. The fraction of sp³-hybridized carbons (Fsp3) is 0.0556. The van der Waals surface area contributed by atoms with Gasteiger partial charge in [0, 0.05) is 16.6 Å². The molecule has 0 aliphatic carbocycles. The highest BCUT2D eigenvalue weighted by Gasteiger charge is 2.15. The van der Waals surface area contributed by atoms with Crippen molar-refractivity contribution in [1.82, 2.24) is 4.72 Å². The van der Waals surface area contributed by atoms with Crippen LogP contribution in [0.5, 0.6) is 0 Å². The standard InChI is InChI=1S/C18H15BrN2O4S2/c19-17-8-6-15(26-17)7-9-18(22)21-13-3-1-5-16(11-13)27(23,24)20-12-14-4-2-10-25-14/h1-11,20H,12H2,(H,21,22)/b9-7+. The molecular weight excluding hydrogens is 452 g/mol. The summed E-state index contributed by atoms with van der Waals surface area (Å²) in [6.45, 7) is 0.0467. The molecule has 2 aromatic heterocycles. The zero-order valence-electron chi connectivity index (χ0n) is 13.9. The molecule has 1 amide bonds. The minimum atomic E-state index is -3.73. The van der Waals surface area contributed by atoms with Crippen LogP contribution in [0, 0.1) is 0 Å². The van der Waals surface area contributed by atoms with Gasteiger partial charge in [0.15, 0.2) is 0 Å². The van der Waals surface area contributed by atoms with Gasteiger partial charge in [-0.2, -0.15) is 0 Å². The summed E-state index contributed by atoms with van der Waals surface area (Å²) in [7, 11) is -3.73. The second-order valence-corrected chi connectivity index (χ2v) is 9.66. The summed E-state index contributed by atoms with van der Waals surface area (Å²) < 4.78 is 33.3. The molecule has 9 heteroatoms. The maximum absolute atomic E-state index is 12.4. The number of rotatable bonds is 7. The highest BCUT2D eigenvalue weighted by Crippen LogP contribution is 2.23. The number of carbonyl (C=O) groups is 1. The van der Waals surface area contributed by atoms with Gasteiger partial charge in [-0.1, -0.05) is 6.07 Å². The van der Waals surface area contributed by atoms with Gasteiger partial charge in [-0.25, -0.2) is 13.1 Å². The van der Waals surface area contributed by atoms with E-state index < -0.39 is 10.0 Å². The van der Waals surface area contributed by atoms with Crippen LogP contribution in [0.1, 0.15) is 10.6 Å². The van der Waals surface area contributed by atoms with Gasteiger partial charge in [0.25, 0.3) is 0 Å². The molecule has 3 aromatic rings. The van der Waals surface area contributed by atoms with Gasteiger partial charge in [-0.15, -0.1) is 11.3 Å². The molecular formula is C18H15BrN2O4S2. The third-order valence-corrected chi connectivity index (χ3v) is 6.41. The van der Waals surface area contributed by atoms with Gasteiger partial charge >= 0.3 is 0 Å². The van der Waals surface area contributed by atoms with E-state index in [1.807, 2.05) is 12.1 Å². The fourth-order valence-electron chi connectivity index (χ4n) is 2.16. The lowest BCUT2D eigenvalue weighted by Crippen LogP contribution is -2.23. The Balaban J connectivity index is 1.65. The number of hydrogen-bond donors (Lipinski definition) is 2. The van der Waals surface area contributed by atoms with E-state index in [0.29, 0.717) is 11.4 Å². The van der Waals surface area contributed by atoms with E-state index in [9.17, 15) is 13.2 Å². The molecule has 0 spiro atoms. The van der Waals surface area contributed by atoms with Crippen molar-refractivity contribution < 1.29 is 17.6 Å². The first-order valence-corrected chi connectivity index (χ1v) is 10.9. The lowest BCUT2D eigenvalue weighted by atomic mass is 10.3. The molecule has 140 valence electrons. The normalized spacial score (nSPS) is 11.7. The molecule has 0 fully saturated rings. The Kier molecular flexibility index (Phi) is 6.27. The van der Waals surface area contributed by atoms with Crippen LogP contribution < -0.4 is 10.0 Å². The van der Waals surface area contributed by atoms with Crippen LogP contribution in [0.4, 0.5) is 5.69 Å².